The van der Waals surface area contributed by atoms with Gasteiger partial charge < -0.3 is 10.2 Å². The number of hydrogen-bond donors (Lipinski definition) is 2. The van der Waals surface area contributed by atoms with Crippen molar-refractivity contribution in [2.24, 2.45) is 5.10 Å². The largest absolute Gasteiger partial charge is 0.321 e. The molecule has 0 atom stereocenters. The number of halogens is 1. The predicted octanol–water partition coefficient (Wildman–Crippen LogP) is 6.22. The fourth-order valence-corrected chi connectivity index (χ4v) is 6.09. The molecular formula is C33H38BrN5O2. The third-order valence-corrected chi connectivity index (χ3v) is 8.48. The molecule has 0 saturated carbocycles. The molecule has 0 aliphatic carbocycles. The van der Waals surface area contributed by atoms with E-state index in [2.05, 4.69) is 41.6 Å². The van der Waals surface area contributed by atoms with Gasteiger partial charge in [-0.1, -0.05) is 64.3 Å². The maximum Gasteiger partial charge on any atom is 0.273 e. The molecule has 0 radical (unpaired) electrons. The Morgan fingerprint density at radius 3 is 2.41 bits per heavy atom. The normalized spacial score (nSPS) is 17.0. The highest BCUT2D eigenvalue weighted by atomic mass is 79.9. The van der Waals surface area contributed by atoms with E-state index in [9.17, 15) is 9.59 Å². The summed E-state index contributed by atoms with van der Waals surface area (Å²) in [5, 5.41) is 6.99. The topological polar surface area (TPSA) is 77.0 Å². The zero-order chi connectivity index (χ0) is 28.6. The second-order valence-electron chi connectivity index (χ2n) is 11.1. The second kappa shape index (κ2) is 14.0. The standard InChI is InChI=1S/C33H38BrN5O2/c1-24-6-5-7-26(20-24)22-35-37-33(41)30-21-28(34)12-13-31(30)36-32(40)27-10-8-25(9-11-27)23-38-18-14-29(15-19-38)39-16-3-2-4-17-39/h5-13,20-22,29H,2-4,14-19,23H2,1H3,(H,36,40)(H,37,41)/b35-22+. The minimum absolute atomic E-state index is 0.265. The van der Waals surface area contributed by atoms with Crippen molar-refractivity contribution in [1.29, 1.82) is 0 Å². The van der Waals surface area contributed by atoms with Crippen molar-refractivity contribution < 1.29 is 9.59 Å². The van der Waals surface area contributed by atoms with Crippen molar-refractivity contribution in [3.63, 3.8) is 0 Å². The number of anilines is 1. The van der Waals surface area contributed by atoms with Crippen molar-refractivity contribution in [2.45, 2.75) is 51.6 Å². The average molecular weight is 617 g/mol. The van der Waals surface area contributed by atoms with E-state index in [1.54, 1.807) is 24.4 Å². The number of likely N-dealkylation sites (tertiary alicyclic amines) is 2. The number of nitrogens with one attached hydrogen (secondary N) is 2. The van der Waals surface area contributed by atoms with E-state index in [0.717, 1.165) is 41.3 Å². The summed E-state index contributed by atoms with van der Waals surface area (Å²) in [4.78, 5) is 31.2. The van der Waals surface area contributed by atoms with Gasteiger partial charge in [0.15, 0.2) is 0 Å². The van der Waals surface area contributed by atoms with Crippen molar-refractivity contribution in [3.8, 4) is 0 Å². The maximum absolute atomic E-state index is 13.1. The van der Waals surface area contributed by atoms with Gasteiger partial charge in [-0.05, 0) is 100 Å². The molecular weight excluding hydrogens is 578 g/mol. The molecule has 5 rings (SSSR count). The van der Waals surface area contributed by atoms with Crippen LogP contribution in [-0.2, 0) is 6.54 Å². The molecule has 2 heterocycles. The van der Waals surface area contributed by atoms with Crippen LogP contribution in [0.3, 0.4) is 0 Å². The van der Waals surface area contributed by atoms with E-state index in [1.807, 2.05) is 55.5 Å². The zero-order valence-electron chi connectivity index (χ0n) is 23.6. The van der Waals surface area contributed by atoms with Gasteiger partial charge in [0.25, 0.3) is 11.8 Å². The molecule has 8 heteroatoms. The van der Waals surface area contributed by atoms with Gasteiger partial charge >= 0.3 is 0 Å². The molecule has 3 aromatic carbocycles. The maximum atomic E-state index is 13.1. The van der Waals surface area contributed by atoms with Crippen LogP contribution >= 0.6 is 15.9 Å². The molecule has 0 aromatic heterocycles. The van der Waals surface area contributed by atoms with Crippen LogP contribution in [0.25, 0.3) is 0 Å². The van der Waals surface area contributed by atoms with Crippen molar-refractivity contribution in [1.82, 2.24) is 15.2 Å². The minimum Gasteiger partial charge on any atom is -0.321 e. The molecule has 2 amide bonds. The van der Waals surface area contributed by atoms with E-state index in [1.165, 1.54) is 50.8 Å². The van der Waals surface area contributed by atoms with Gasteiger partial charge in [-0.3, -0.25) is 14.5 Å². The molecule has 0 bridgehead atoms. The number of carbonyl (C=O) groups is 2. The number of benzene rings is 3. The van der Waals surface area contributed by atoms with E-state index >= 15 is 0 Å². The average Bonchev–Trinajstić information content (AvgIpc) is 2.99. The number of amides is 2. The Balaban J connectivity index is 1.16. The van der Waals surface area contributed by atoms with E-state index in [-0.39, 0.29) is 5.91 Å². The first-order valence-corrected chi connectivity index (χ1v) is 15.3. The Hall–Kier alpha value is -3.33. The zero-order valence-corrected chi connectivity index (χ0v) is 25.2. The van der Waals surface area contributed by atoms with Crippen LogP contribution in [0.4, 0.5) is 5.69 Å². The van der Waals surface area contributed by atoms with Crippen molar-refractivity contribution in [2.75, 3.05) is 31.5 Å². The van der Waals surface area contributed by atoms with Crippen LogP contribution < -0.4 is 10.7 Å². The lowest BCUT2D eigenvalue weighted by Crippen LogP contribution is -2.46. The SMILES string of the molecule is Cc1cccc(/C=N/NC(=O)c2cc(Br)ccc2NC(=O)c2ccc(CN3CCC(N4CCCCC4)CC3)cc2)c1. The van der Waals surface area contributed by atoms with Crippen LogP contribution in [-0.4, -0.2) is 60.0 Å². The molecule has 214 valence electrons. The third kappa shape index (κ3) is 8.12. The number of piperidine rings is 2. The summed E-state index contributed by atoms with van der Waals surface area (Å²) in [6.45, 7) is 7.67. The second-order valence-corrected chi connectivity index (χ2v) is 12.0. The number of nitrogens with zero attached hydrogens (tertiary/aromatic N) is 3. The highest BCUT2D eigenvalue weighted by Gasteiger charge is 2.25. The van der Waals surface area contributed by atoms with Crippen LogP contribution in [0.2, 0.25) is 0 Å². The smallest absolute Gasteiger partial charge is 0.273 e. The highest BCUT2D eigenvalue weighted by molar-refractivity contribution is 9.10. The summed E-state index contributed by atoms with van der Waals surface area (Å²) in [6, 6.07) is 21.5. The number of carbonyl (C=O) groups excluding carboxylic acids is 2. The molecule has 2 aliphatic heterocycles. The Morgan fingerprint density at radius 2 is 1.68 bits per heavy atom. The molecule has 41 heavy (non-hydrogen) atoms. The van der Waals surface area contributed by atoms with Gasteiger partial charge in [0.2, 0.25) is 0 Å². The quantitative estimate of drug-likeness (QED) is 0.233. The lowest BCUT2D eigenvalue weighted by Gasteiger charge is -2.40. The van der Waals surface area contributed by atoms with Crippen LogP contribution in [0.5, 0.6) is 0 Å². The Labute approximate surface area is 251 Å². The van der Waals surface area contributed by atoms with Gasteiger partial charge in [0, 0.05) is 22.6 Å². The Bertz CT molecular complexity index is 1380. The molecule has 2 fully saturated rings. The minimum atomic E-state index is -0.412. The van der Waals surface area contributed by atoms with E-state index in [0.29, 0.717) is 16.8 Å². The lowest BCUT2D eigenvalue weighted by molar-refractivity contribution is 0.0896. The molecule has 0 unspecified atom stereocenters. The first kappa shape index (κ1) is 29.2. The van der Waals surface area contributed by atoms with Gasteiger partial charge in [0.1, 0.15) is 0 Å². The summed E-state index contributed by atoms with van der Waals surface area (Å²) in [7, 11) is 0. The van der Waals surface area contributed by atoms with Crippen LogP contribution in [0.15, 0.2) is 76.3 Å². The first-order valence-electron chi connectivity index (χ1n) is 14.5. The first-order chi connectivity index (χ1) is 19.9. The summed E-state index contributed by atoms with van der Waals surface area (Å²) in [6.07, 6.45) is 8.15. The summed E-state index contributed by atoms with van der Waals surface area (Å²) in [5.74, 6) is -0.677. The number of aryl methyl sites for hydroxylation is 1. The third-order valence-electron chi connectivity index (χ3n) is 7.98. The van der Waals surface area contributed by atoms with Gasteiger partial charge in [0.05, 0.1) is 17.5 Å². The highest BCUT2D eigenvalue weighted by Crippen LogP contribution is 2.24. The van der Waals surface area contributed by atoms with E-state index < -0.39 is 5.91 Å². The molecule has 2 N–H and O–H groups in total. The van der Waals surface area contributed by atoms with Crippen molar-refractivity contribution in [3.05, 3.63) is 99.0 Å². The molecule has 2 saturated heterocycles. The fourth-order valence-electron chi connectivity index (χ4n) is 5.73. The van der Waals surface area contributed by atoms with E-state index in [4.69, 9.17) is 0 Å². The molecule has 7 nitrogen and oxygen atoms in total. The Kier molecular flexibility index (Phi) is 9.98. The summed E-state index contributed by atoms with van der Waals surface area (Å²) >= 11 is 3.42. The van der Waals surface area contributed by atoms with Crippen molar-refractivity contribution >= 4 is 39.6 Å². The van der Waals surface area contributed by atoms with Crippen LogP contribution in [0, 0.1) is 6.92 Å². The number of hydrazone groups is 1. The van der Waals surface area contributed by atoms with Crippen LogP contribution in [0.1, 0.15) is 69.5 Å². The molecule has 0 spiro atoms. The monoisotopic (exact) mass is 615 g/mol. The van der Waals surface area contributed by atoms with Gasteiger partial charge in [-0.2, -0.15) is 5.10 Å². The summed E-state index contributed by atoms with van der Waals surface area (Å²) < 4.78 is 0.729. The van der Waals surface area contributed by atoms with Gasteiger partial charge in [-0.15, -0.1) is 0 Å². The predicted molar refractivity (Wildman–Crippen MR) is 168 cm³/mol. The fraction of sp³-hybridized carbons (Fsp3) is 0.364. The Morgan fingerprint density at radius 1 is 0.927 bits per heavy atom. The number of rotatable bonds is 8. The molecule has 3 aromatic rings. The number of hydrogen-bond acceptors (Lipinski definition) is 5. The summed E-state index contributed by atoms with van der Waals surface area (Å²) in [5.41, 5.74) is 7.05. The van der Waals surface area contributed by atoms with Gasteiger partial charge in [-0.25, -0.2) is 5.43 Å². The molecule has 2 aliphatic rings. The lowest BCUT2D eigenvalue weighted by atomic mass is 9.99.